The first-order chi connectivity index (χ1) is 13.9. The first-order valence-corrected chi connectivity index (χ1v) is 10.3. The van der Waals surface area contributed by atoms with Crippen LogP contribution >= 0.6 is 11.6 Å². The van der Waals surface area contributed by atoms with Gasteiger partial charge in [-0.1, -0.05) is 24.6 Å². The van der Waals surface area contributed by atoms with Crippen LogP contribution in [0.25, 0.3) is 0 Å². The summed E-state index contributed by atoms with van der Waals surface area (Å²) in [4.78, 5) is 12.5. The molecule has 1 heterocycles. The van der Waals surface area contributed by atoms with E-state index < -0.39 is 17.4 Å². The highest BCUT2D eigenvalue weighted by molar-refractivity contribution is 7.74. The van der Waals surface area contributed by atoms with Gasteiger partial charge in [0, 0.05) is 17.6 Å². The largest absolute Gasteiger partial charge is 0.748 e. The van der Waals surface area contributed by atoms with Crippen molar-refractivity contribution in [1.82, 2.24) is 0 Å². The van der Waals surface area contributed by atoms with E-state index in [1.807, 2.05) is 35.1 Å². The third kappa shape index (κ3) is 4.32. The van der Waals surface area contributed by atoms with E-state index >= 15 is 0 Å². The van der Waals surface area contributed by atoms with Gasteiger partial charge in [-0.05, 0) is 42.8 Å². The second-order valence-corrected chi connectivity index (χ2v) is 7.37. The van der Waals surface area contributed by atoms with Crippen LogP contribution in [0.1, 0.15) is 18.9 Å². The Morgan fingerprint density at radius 1 is 1.31 bits per heavy atom. The smallest absolute Gasteiger partial charge is 0.330 e. The van der Waals surface area contributed by atoms with Crippen LogP contribution in [-0.2, 0) is 31.7 Å². The van der Waals surface area contributed by atoms with Crippen LogP contribution in [0.15, 0.2) is 42.5 Å². The highest BCUT2D eigenvalue weighted by Gasteiger charge is 2.38. The molecular weight excluding hydrogens is 418 g/mol. The van der Waals surface area contributed by atoms with E-state index in [2.05, 4.69) is 0 Å². The topological polar surface area (TPSA) is 85.4 Å². The molecule has 0 fully saturated rings. The van der Waals surface area contributed by atoms with E-state index in [1.54, 1.807) is 24.3 Å². The molecule has 2 atom stereocenters. The molecule has 1 aliphatic rings. The molecule has 0 amide bonds. The SMILES string of the molecule is CCC(C(=O)OC)N1c2cccc(N(C)OS(=O)[O-])c2CN1c1ccc(Cl)cc1. The number of benzene rings is 2. The van der Waals surface area contributed by atoms with Gasteiger partial charge in [-0.3, -0.25) is 10.0 Å². The molecule has 1 aliphatic heterocycles. The van der Waals surface area contributed by atoms with Gasteiger partial charge in [0.05, 0.1) is 30.7 Å². The summed E-state index contributed by atoms with van der Waals surface area (Å²) >= 11 is 3.33. The zero-order valence-corrected chi connectivity index (χ0v) is 17.8. The molecule has 0 spiro atoms. The van der Waals surface area contributed by atoms with Crippen LogP contribution < -0.4 is 15.1 Å². The molecule has 0 bridgehead atoms. The van der Waals surface area contributed by atoms with Gasteiger partial charge in [-0.15, -0.1) is 0 Å². The van der Waals surface area contributed by atoms with Gasteiger partial charge in [0.1, 0.15) is 17.4 Å². The van der Waals surface area contributed by atoms with Crippen molar-refractivity contribution >= 4 is 46.0 Å². The van der Waals surface area contributed by atoms with Gasteiger partial charge in [0.15, 0.2) is 0 Å². The minimum Gasteiger partial charge on any atom is -0.748 e. The zero-order valence-electron chi connectivity index (χ0n) is 16.2. The first-order valence-electron chi connectivity index (χ1n) is 8.90. The van der Waals surface area contributed by atoms with Crippen LogP contribution in [0, 0.1) is 0 Å². The fourth-order valence-corrected chi connectivity index (χ4v) is 3.85. The van der Waals surface area contributed by atoms with E-state index in [0.29, 0.717) is 23.7 Å². The van der Waals surface area contributed by atoms with Crippen LogP contribution in [0.5, 0.6) is 0 Å². The summed E-state index contributed by atoms with van der Waals surface area (Å²) in [5, 5.41) is 5.60. The fraction of sp³-hybridized carbons (Fsp3) is 0.316. The second-order valence-electron chi connectivity index (χ2n) is 6.38. The molecule has 0 radical (unpaired) electrons. The molecule has 156 valence electrons. The lowest BCUT2D eigenvalue weighted by atomic mass is 10.1. The van der Waals surface area contributed by atoms with E-state index in [-0.39, 0.29) is 5.97 Å². The van der Waals surface area contributed by atoms with Gasteiger partial charge < -0.3 is 9.29 Å². The van der Waals surface area contributed by atoms with E-state index in [9.17, 15) is 13.6 Å². The van der Waals surface area contributed by atoms with E-state index in [1.165, 1.54) is 19.2 Å². The predicted molar refractivity (Wildman–Crippen MR) is 111 cm³/mol. The minimum atomic E-state index is -2.71. The number of rotatable bonds is 7. The van der Waals surface area contributed by atoms with Crippen LogP contribution in [-0.4, -0.2) is 34.9 Å². The van der Waals surface area contributed by atoms with Gasteiger partial charge >= 0.3 is 5.97 Å². The van der Waals surface area contributed by atoms with Gasteiger partial charge in [-0.2, -0.15) is 4.28 Å². The number of hydroxylamine groups is 1. The number of ether oxygens (including phenoxy) is 1. The Morgan fingerprint density at radius 2 is 2.00 bits per heavy atom. The minimum absolute atomic E-state index is 0.366. The van der Waals surface area contributed by atoms with Crippen molar-refractivity contribution in [2.24, 2.45) is 0 Å². The number of nitrogens with zero attached hydrogens (tertiary/aromatic N) is 3. The normalized spacial score (nSPS) is 15.1. The molecule has 2 unspecified atom stereocenters. The molecule has 3 rings (SSSR count). The molecular formula is C19H21ClN3O5S-. The number of carbonyl (C=O) groups excluding carboxylic acids is 1. The number of carbonyl (C=O) groups is 1. The Hall–Kier alpha value is -2.33. The summed E-state index contributed by atoms with van der Waals surface area (Å²) < 4.78 is 31.8. The molecule has 0 N–H and O–H groups in total. The van der Waals surface area contributed by atoms with E-state index in [0.717, 1.165) is 16.9 Å². The number of hydrogen-bond acceptors (Lipinski definition) is 8. The number of hydrazine groups is 1. The average Bonchev–Trinajstić information content (AvgIpc) is 3.07. The molecule has 2 aromatic rings. The Bertz CT molecular complexity index is 911. The lowest BCUT2D eigenvalue weighted by Gasteiger charge is -2.36. The summed E-state index contributed by atoms with van der Waals surface area (Å²) in [7, 11) is 2.87. The van der Waals surface area contributed by atoms with Gasteiger partial charge in [0.25, 0.3) is 0 Å². The highest BCUT2D eigenvalue weighted by Crippen LogP contribution is 2.42. The number of esters is 1. The Morgan fingerprint density at radius 3 is 2.59 bits per heavy atom. The van der Waals surface area contributed by atoms with Crippen molar-refractivity contribution in [3.63, 3.8) is 0 Å². The summed E-state index contributed by atoms with van der Waals surface area (Å²) in [5.74, 6) is -0.366. The van der Waals surface area contributed by atoms with Crippen molar-refractivity contribution < 1.29 is 22.6 Å². The second kappa shape index (κ2) is 9.00. The monoisotopic (exact) mass is 438 g/mol. The molecule has 0 aromatic heterocycles. The number of fused-ring (bicyclic) bond motifs is 1. The molecule has 10 heteroatoms. The number of anilines is 3. The maximum absolute atomic E-state index is 12.5. The third-order valence-corrected chi connectivity index (χ3v) is 5.33. The zero-order chi connectivity index (χ0) is 21.1. The van der Waals surface area contributed by atoms with Gasteiger partial charge in [-0.25, -0.2) is 14.1 Å². The lowest BCUT2D eigenvalue weighted by Crippen LogP contribution is -2.49. The molecule has 8 nitrogen and oxygen atoms in total. The quantitative estimate of drug-likeness (QED) is 0.370. The lowest BCUT2D eigenvalue weighted by molar-refractivity contribution is -0.142. The van der Waals surface area contributed by atoms with Crippen molar-refractivity contribution in [1.29, 1.82) is 0 Å². The molecule has 2 aromatic carbocycles. The summed E-state index contributed by atoms with van der Waals surface area (Å²) in [5.41, 5.74) is 2.99. The Labute approximate surface area is 177 Å². The van der Waals surface area contributed by atoms with Crippen molar-refractivity contribution in [3.05, 3.63) is 53.1 Å². The van der Waals surface area contributed by atoms with Crippen LogP contribution in [0.4, 0.5) is 17.1 Å². The summed E-state index contributed by atoms with van der Waals surface area (Å²) in [6.45, 7) is 2.30. The maximum Gasteiger partial charge on any atom is 0.330 e. The van der Waals surface area contributed by atoms with Gasteiger partial charge in [0.2, 0.25) is 0 Å². The van der Waals surface area contributed by atoms with E-state index in [4.69, 9.17) is 20.6 Å². The Kier molecular flexibility index (Phi) is 6.63. The summed E-state index contributed by atoms with van der Waals surface area (Å²) in [6, 6.07) is 12.1. The summed E-state index contributed by atoms with van der Waals surface area (Å²) in [6.07, 6.45) is 0.511. The number of methoxy groups -OCH3 is 1. The molecule has 0 saturated carbocycles. The number of halogens is 1. The van der Waals surface area contributed by atoms with Crippen LogP contribution in [0.2, 0.25) is 5.02 Å². The van der Waals surface area contributed by atoms with Crippen molar-refractivity contribution in [2.75, 3.05) is 29.2 Å². The van der Waals surface area contributed by atoms with Crippen molar-refractivity contribution in [3.8, 4) is 0 Å². The first kappa shape index (κ1) is 21.4. The fourth-order valence-electron chi connectivity index (χ4n) is 3.46. The molecule has 29 heavy (non-hydrogen) atoms. The standard InChI is InChI=1S/C19H22ClN3O5S/c1-4-16(19(24)27-3)23-18-7-5-6-17(21(2)28-29(25)26)15(18)12-22(23)14-10-8-13(20)9-11-14/h5-11,16H,4,12H2,1-3H3,(H,25,26)/p-1. The number of hydrogen-bond donors (Lipinski definition) is 0. The average molecular weight is 439 g/mol. The maximum atomic E-state index is 12.5. The Balaban J connectivity index is 2.11. The van der Waals surface area contributed by atoms with Crippen LogP contribution in [0.3, 0.4) is 0 Å². The highest BCUT2D eigenvalue weighted by atomic mass is 35.5. The predicted octanol–water partition coefficient (Wildman–Crippen LogP) is 3.20. The third-order valence-electron chi connectivity index (χ3n) is 4.73. The van der Waals surface area contributed by atoms with Crippen molar-refractivity contribution in [2.45, 2.75) is 25.9 Å². The molecule has 0 aliphatic carbocycles. The molecule has 0 saturated heterocycles.